The van der Waals surface area contributed by atoms with E-state index < -0.39 is 0 Å². The van der Waals surface area contributed by atoms with Crippen LogP contribution >= 0.6 is 15.9 Å². The molecule has 306 valence electrons. The maximum Gasteiger partial charge on any atom is 0.0785 e. The molecule has 7 aromatic rings. The zero-order chi connectivity index (χ0) is 43.0. The molecule has 0 aliphatic heterocycles. The zero-order valence-corrected chi connectivity index (χ0v) is 35.7. The largest absolute Gasteiger partial charge is 0.255 e. The fraction of sp³-hybridized carbons (Fsp3) is 0.170. The monoisotopic (exact) mass is 862 g/mol. The van der Waals surface area contributed by atoms with Crippen LogP contribution in [0.1, 0.15) is 93.2 Å². The summed E-state index contributed by atoms with van der Waals surface area (Å²) in [6.07, 6.45) is 4.35. The van der Waals surface area contributed by atoms with Crippen molar-refractivity contribution in [2.45, 2.75) is 51.4 Å². The zero-order valence-electron chi connectivity index (χ0n) is 34.1. The van der Waals surface area contributed by atoms with Gasteiger partial charge in [0.2, 0.25) is 0 Å². The maximum atomic E-state index is 9.50. The second-order valence-electron chi connectivity index (χ2n) is 14.1. The van der Waals surface area contributed by atoms with Crippen molar-refractivity contribution in [3.05, 3.63) is 248 Å². The van der Waals surface area contributed by atoms with Crippen molar-refractivity contribution in [1.29, 1.82) is 0 Å². The summed E-state index contributed by atoms with van der Waals surface area (Å²) in [6.45, 7) is 8.94. The van der Waals surface area contributed by atoms with E-state index in [1.54, 1.807) is 0 Å². The molecule has 0 bridgehead atoms. The van der Waals surface area contributed by atoms with E-state index in [1.807, 2.05) is 6.07 Å². The molecule has 0 fully saturated rings. The quantitative estimate of drug-likeness (QED) is 0.0949. The summed E-state index contributed by atoms with van der Waals surface area (Å²) >= 11 is 3.54. The van der Waals surface area contributed by atoms with Gasteiger partial charge in [-0.05, 0) is 82.3 Å². The molecular formula is C53H52BrF5. The molecule has 0 heterocycles. The van der Waals surface area contributed by atoms with Crippen molar-refractivity contribution in [3.63, 3.8) is 0 Å². The van der Waals surface area contributed by atoms with Gasteiger partial charge >= 0.3 is 0 Å². The summed E-state index contributed by atoms with van der Waals surface area (Å²) in [5.74, 6) is 1.48. The molecule has 59 heavy (non-hydrogen) atoms. The number of hydrogen-bond acceptors (Lipinski definition) is 0. The van der Waals surface area contributed by atoms with E-state index in [4.69, 9.17) is 18.3 Å². The number of halogens is 6. The van der Waals surface area contributed by atoms with E-state index in [0.29, 0.717) is 30.8 Å². The third kappa shape index (κ3) is 14.6. The number of hydrogen-bond donors (Lipinski definition) is 0. The highest BCUT2D eigenvalue weighted by atomic mass is 79.9. The highest BCUT2D eigenvalue weighted by Crippen LogP contribution is 2.40. The van der Waals surface area contributed by atoms with E-state index in [-0.39, 0.29) is 0 Å². The minimum atomic E-state index is 0.320. The van der Waals surface area contributed by atoms with Crippen LogP contribution in [-0.2, 0) is 0 Å². The summed E-state index contributed by atoms with van der Waals surface area (Å²) < 4.78 is 42.6. The van der Waals surface area contributed by atoms with Gasteiger partial charge in [0, 0.05) is 34.6 Å². The normalized spacial score (nSPS) is 12.3. The first-order valence-electron chi connectivity index (χ1n) is 19.3. The first kappa shape index (κ1) is 47.8. The lowest BCUT2D eigenvalue weighted by Crippen LogP contribution is -2.10. The molecule has 0 nitrogen and oxygen atoms in total. The van der Waals surface area contributed by atoms with Crippen LogP contribution in [-0.4, -0.2) is 7.18 Å². The molecule has 0 amide bonds. The van der Waals surface area contributed by atoms with Gasteiger partial charge in [0.05, 0.1) is 7.18 Å². The van der Waals surface area contributed by atoms with Crippen LogP contribution in [0.15, 0.2) is 193 Å². The first-order chi connectivity index (χ1) is 28.9. The second kappa shape index (κ2) is 26.4. The topological polar surface area (TPSA) is 0 Å². The van der Waals surface area contributed by atoms with E-state index in [9.17, 15) is 4.39 Å². The molecule has 0 spiro atoms. The summed E-state index contributed by atoms with van der Waals surface area (Å²) in [4.78, 5) is 0. The van der Waals surface area contributed by atoms with Gasteiger partial charge in [-0.2, -0.15) is 0 Å². The Balaban J connectivity index is 0.000000287. The van der Waals surface area contributed by atoms with Gasteiger partial charge in [-0.25, -0.2) is 0 Å². The Bertz CT molecular complexity index is 2110. The Hall–Kier alpha value is -5.59. The fourth-order valence-corrected chi connectivity index (χ4v) is 7.49. The van der Waals surface area contributed by atoms with Gasteiger partial charge in [-0.15, -0.1) is 0 Å². The Morgan fingerprint density at radius 2 is 0.627 bits per heavy atom. The number of aryl methyl sites for hydroxylation is 2. The molecule has 0 saturated heterocycles. The van der Waals surface area contributed by atoms with Gasteiger partial charge < -0.3 is 0 Å². The molecule has 0 aliphatic carbocycles. The van der Waals surface area contributed by atoms with Gasteiger partial charge in [-0.1, -0.05) is 229 Å². The molecule has 7 aromatic carbocycles. The van der Waals surface area contributed by atoms with Crippen LogP contribution in [0, 0.1) is 13.8 Å². The minimum Gasteiger partial charge on any atom is -0.255 e. The number of alkyl halides is 1. The third-order valence-electron chi connectivity index (χ3n) is 10.3. The van der Waals surface area contributed by atoms with Gasteiger partial charge in [0.1, 0.15) is 0 Å². The van der Waals surface area contributed by atoms with Crippen LogP contribution in [0.3, 0.4) is 0 Å². The van der Waals surface area contributed by atoms with Crippen molar-refractivity contribution >= 4 is 28.1 Å². The van der Waals surface area contributed by atoms with Gasteiger partial charge in [0.25, 0.3) is 0 Å². The average molecular weight is 864 g/mol. The molecule has 0 aliphatic rings. The van der Waals surface area contributed by atoms with Crippen molar-refractivity contribution < 1.29 is 22.7 Å². The summed E-state index contributed by atoms with van der Waals surface area (Å²) in [7, 11) is 0.500. The van der Waals surface area contributed by atoms with E-state index >= 15 is 0 Å². The average Bonchev–Trinajstić information content (AvgIpc) is 3.31. The highest BCUT2D eigenvalue weighted by molar-refractivity contribution is 9.10. The van der Waals surface area contributed by atoms with E-state index in [0.717, 1.165) is 4.47 Å². The fourth-order valence-electron chi connectivity index (χ4n) is 7.23. The van der Waals surface area contributed by atoms with E-state index in [2.05, 4.69) is 238 Å². The van der Waals surface area contributed by atoms with Crippen molar-refractivity contribution in [1.82, 2.24) is 0 Å². The smallest absolute Gasteiger partial charge is 0.0785 e. The van der Waals surface area contributed by atoms with Gasteiger partial charge in [-0.3, -0.25) is 4.39 Å². The first-order valence-corrected chi connectivity index (χ1v) is 20.1. The maximum absolute atomic E-state index is 9.50. The predicted molar refractivity (Wildman–Crippen MR) is 243 cm³/mol. The molecule has 4 atom stereocenters. The predicted octanol–water partition coefficient (Wildman–Crippen LogP) is 17.1. The standard InChI is InChI=1S/C30H28.C22H21Br.CH3F.2F2/c1-23-13-19-28(20-14-23)30(24(2)27-11-7-4-8-12-27)29-21-17-26(18-22-29)16-15-25-9-5-3-6-10-25;1-16-8-10-19(11-9-16)22(20-12-14-21(23)15-13-20)17(2)18-6-4-3-5-7-18;3*1-2/h3-22,24,30H,1-2H3;3-15,17,22H,1-2H3;1H3;;/b16-15+;;;;. The van der Waals surface area contributed by atoms with Crippen molar-refractivity contribution in [2.75, 3.05) is 7.18 Å². The third-order valence-corrected chi connectivity index (χ3v) is 10.8. The lowest BCUT2D eigenvalue weighted by Gasteiger charge is -2.26. The molecule has 0 radical (unpaired) electrons. The summed E-state index contributed by atoms with van der Waals surface area (Å²) in [6, 6.07) is 67.8. The van der Waals surface area contributed by atoms with E-state index in [1.165, 1.54) is 55.6 Å². The molecule has 0 aromatic heterocycles. The molecule has 0 N–H and O–H groups in total. The van der Waals surface area contributed by atoms with Crippen LogP contribution in [0.4, 0.5) is 22.7 Å². The molecule has 6 heteroatoms. The van der Waals surface area contributed by atoms with Crippen molar-refractivity contribution in [2.24, 2.45) is 0 Å². The minimum absolute atomic E-state index is 0.320. The molecular weight excluding hydrogens is 811 g/mol. The van der Waals surface area contributed by atoms with Crippen LogP contribution in [0.5, 0.6) is 0 Å². The summed E-state index contributed by atoms with van der Waals surface area (Å²) in [5.41, 5.74) is 13.2. The Morgan fingerprint density at radius 1 is 0.356 bits per heavy atom. The SMILES string of the molecule is CF.Cc1ccc(C(c2ccc(/C=C/c3ccccc3)cc2)C(C)c2ccccc2)cc1.Cc1ccc(C(c2ccc(Br)cc2)C(C)c2ccccc2)cc1.FF.FF. The molecule has 0 saturated carbocycles. The number of benzene rings is 7. The Morgan fingerprint density at radius 3 is 0.966 bits per heavy atom. The highest BCUT2D eigenvalue weighted by Gasteiger charge is 2.24. The van der Waals surface area contributed by atoms with Crippen LogP contribution < -0.4 is 0 Å². The van der Waals surface area contributed by atoms with Crippen LogP contribution in [0.2, 0.25) is 0 Å². The lowest BCUT2D eigenvalue weighted by molar-refractivity contribution is 0.108. The van der Waals surface area contributed by atoms with Crippen LogP contribution in [0.25, 0.3) is 12.2 Å². The summed E-state index contributed by atoms with van der Waals surface area (Å²) in [5, 5.41) is 0. The lowest BCUT2D eigenvalue weighted by atomic mass is 9.78. The Labute approximate surface area is 356 Å². The van der Waals surface area contributed by atoms with Crippen molar-refractivity contribution in [3.8, 4) is 0 Å². The second-order valence-corrected chi connectivity index (χ2v) is 15.1. The molecule has 7 rings (SSSR count). The van der Waals surface area contributed by atoms with Gasteiger partial charge in [0.15, 0.2) is 0 Å². The Kier molecular flexibility index (Phi) is 21.4. The number of rotatable bonds is 10. The molecule has 4 unspecified atom stereocenters.